The van der Waals surface area contributed by atoms with Gasteiger partial charge in [-0.15, -0.1) is 0 Å². The van der Waals surface area contributed by atoms with Gasteiger partial charge in [0, 0.05) is 10.6 Å². The van der Waals surface area contributed by atoms with Crippen LogP contribution in [0.2, 0.25) is 5.02 Å². The second-order valence-electron chi connectivity index (χ2n) is 6.77. The van der Waals surface area contributed by atoms with Crippen molar-refractivity contribution in [3.8, 4) is 11.8 Å². The number of nitriles is 1. The number of halogens is 2. The molecule has 2 nitrogen and oxygen atoms in total. The van der Waals surface area contributed by atoms with Crippen molar-refractivity contribution in [3.05, 3.63) is 111 Å². The lowest BCUT2D eigenvalue weighted by atomic mass is 10.0. The lowest BCUT2D eigenvalue weighted by molar-refractivity contribution is 0.305. The van der Waals surface area contributed by atoms with E-state index in [0.717, 1.165) is 21.3 Å². The van der Waals surface area contributed by atoms with Crippen LogP contribution in [0, 0.1) is 11.3 Å². The molecule has 0 amide bonds. The van der Waals surface area contributed by atoms with Gasteiger partial charge in [0.25, 0.3) is 0 Å². The number of hydrogen-bond acceptors (Lipinski definition) is 2. The van der Waals surface area contributed by atoms with Crippen molar-refractivity contribution in [1.29, 1.82) is 5.26 Å². The van der Waals surface area contributed by atoms with Crippen LogP contribution in [-0.4, -0.2) is 0 Å². The van der Waals surface area contributed by atoms with Crippen molar-refractivity contribution < 1.29 is 4.74 Å². The highest BCUT2D eigenvalue weighted by molar-refractivity contribution is 9.10. The third-order valence-electron chi connectivity index (χ3n) is 4.81. The Morgan fingerprint density at radius 3 is 2.53 bits per heavy atom. The van der Waals surface area contributed by atoms with Gasteiger partial charge in [0.1, 0.15) is 12.4 Å². The zero-order valence-corrected chi connectivity index (χ0v) is 18.3. The smallest absolute Gasteiger partial charge is 0.134 e. The van der Waals surface area contributed by atoms with E-state index in [2.05, 4.69) is 46.3 Å². The average molecular weight is 475 g/mol. The Labute approximate surface area is 189 Å². The highest BCUT2D eigenvalue weighted by Gasteiger charge is 2.08. The first-order chi connectivity index (χ1) is 14.7. The summed E-state index contributed by atoms with van der Waals surface area (Å²) in [5.74, 6) is 0.747. The first kappa shape index (κ1) is 20.2. The molecule has 4 rings (SSSR count). The van der Waals surface area contributed by atoms with E-state index in [1.165, 1.54) is 10.8 Å². The fraction of sp³-hybridized carbons (Fsp3) is 0.0385. The number of fused-ring (bicyclic) bond motifs is 1. The van der Waals surface area contributed by atoms with Gasteiger partial charge in [-0.2, -0.15) is 5.26 Å². The molecule has 30 heavy (non-hydrogen) atoms. The minimum Gasteiger partial charge on any atom is -0.488 e. The van der Waals surface area contributed by atoms with Gasteiger partial charge >= 0.3 is 0 Å². The summed E-state index contributed by atoms with van der Waals surface area (Å²) in [5, 5.41) is 12.5. The van der Waals surface area contributed by atoms with E-state index in [4.69, 9.17) is 16.3 Å². The molecule has 0 aliphatic rings. The van der Waals surface area contributed by atoms with Crippen LogP contribution >= 0.6 is 27.5 Å². The summed E-state index contributed by atoms with van der Waals surface area (Å²) in [4.78, 5) is 0. The van der Waals surface area contributed by atoms with Gasteiger partial charge in [0.2, 0.25) is 0 Å². The quantitative estimate of drug-likeness (QED) is 0.217. The summed E-state index contributed by atoms with van der Waals surface area (Å²) in [5.41, 5.74) is 3.25. The van der Waals surface area contributed by atoms with Crippen molar-refractivity contribution in [2.24, 2.45) is 0 Å². The third kappa shape index (κ3) is 4.41. The number of nitrogens with zero attached hydrogens (tertiary/aromatic N) is 1. The van der Waals surface area contributed by atoms with Crippen molar-refractivity contribution in [1.82, 2.24) is 0 Å². The molecule has 0 saturated heterocycles. The molecule has 0 aromatic heterocycles. The summed E-state index contributed by atoms with van der Waals surface area (Å²) in [6, 6.07) is 29.8. The lowest BCUT2D eigenvalue weighted by Gasteiger charge is -2.11. The van der Waals surface area contributed by atoms with Crippen LogP contribution in [0.5, 0.6) is 5.75 Å². The molecule has 0 bridgehead atoms. The van der Waals surface area contributed by atoms with E-state index in [9.17, 15) is 5.26 Å². The molecule has 146 valence electrons. The van der Waals surface area contributed by atoms with Crippen LogP contribution in [-0.2, 0) is 6.61 Å². The molecule has 0 fully saturated rings. The number of allylic oxidation sites excluding steroid dienone is 1. The number of rotatable bonds is 5. The van der Waals surface area contributed by atoms with Gasteiger partial charge in [-0.05, 0) is 62.1 Å². The molecule has 0 saturated carbocycles. The zero-order chi connectivity index (χ0) is 20.9. The SMILES string of the molecule is N#CC(=Cc1ccc(OCc2cccc3ccccc23)c(Br)c1)c1ccccc1Cl. The summed E-state index contributed by atoms with van der Waals surface area (Å²) in [7, 11) is 0. The van der Waals surface area contributed by atoms with E-state index >= 15 is 0 Å². The first-order valence-corrected chi connectivity index (χ1v) is 10.6. The Morgan fingerprint density at radius 2 is 1.73 bits per heavy atom. The monoisotopic (exact) mass is 473 g/mol. The Balaban J connectivity index is 1.56. The maximum atomic E-state index is 9.57. The standard InChI is InChI=1S/C26H17BrClNO/c27-24-15-18(14-21(16-29)23-10-3-4-11-25(23)28)12-13-26(24)30-17-20-8-5-7-19-6-1-2-9-22(19)20/h1-15H,17H2. The highest BCUT2D eigenvalue weighted by atomic mass is 79.9. The lowest BCUT2D eigenvalue weighted by Crippen LogP contribution is -1.97. The van der Waals surface area contributed by atoms with Gasteiger partial charge in [0.05, 0.1) is 16.1 Å². The van der Waals surface area contributed by atoms with Crippen LogP contribution in [0.25, 0.3) is 22.4 Å². The van der Waals surface area contributed by atoms with Gasteiger partial charge in [0.15, 0.2) is 0 Å². The molecule has 0 heterocycles. The second kappa shape index (κ2) is 9.17. The van der Waals surface area contributed by atoms with Crippen molar-refractivity contribution >= 4 is 50.0 Å². The molecule has 4 aromatic rings. The minimum atomic E-state index is 0.470. The molecule has 0 aliphatic heterocycles. The molecule has 0 atom stereocenters. The highest BCUT2D eigenvalue weighted by Crippen LogP contribution is 2.30. The Hall–Kier alpha value is -3.06. The average Bonchev–Trinajstić information content (AvgIpc) is 2.77. The Morgan fingerprint density at radius 1 is 0.967 bits per heavy atom. The van der Waals surface area contributed by atoms with Gasteiger partial charge in [-0.3, -0.25) is 0 Å². The zero-order valence-electron chi connectivity index (χ0n) is 16.0. The molecular weight excluding hydrogens is 458 g/mol. The van der Waals surface area contributed by atoms with Crippen LogP contribution in [0.4, 0.5) is 0 Å². The summed E-state index contributed by atoms with van der Waals surface area (Å²) in [6.07, 6.45) is 1.82. The van der Waals surface area contributed by atoms with Gasteiger partial charge in [-0.1, -0.05) is 78.3 Å². The summed E-state index contributed by atoms with van der Waals surface area (Å²) < 4.78 is 6.89. The molecule has 0 aliphatic carbocycles. The molecule has 0 radical (unpaired) electrons. The molecular formula is C26H17BrClNO. The topological polar surface area (TPSA) is 33.0 Å². The fourth-order valence-electron chi connectivity index (χ4n) is 3.31. The van der Waals surface area contributed by atoms with Crippen molar-refractivity contribution in [2.75, 3.05) is 0 Å². The van der Waals surface area contributed by atoms with Crippen LogP contribution in [0.1, 0.15) is 16.7 Å². The summed E-state index contributed by atoms with van der Waals surface area (Å²) in [6.45, 7) is 0.470. The molecule has 0 N–H and O–H groups in total. The number of benzene rings is 4. The number of hydrogen-bond donors (Lipinski definition) is 0. The second-order valence-corrected chi connectivity index (χ2v) is 8.03. The normalized spacial score (nSPS) is 11.3. The van der Waals surface area contributed by atoms with Crippen molar-refractivity contribution in [2.45, 2.75) is 6.61 Å². The third-order valence-corrected chi connectivity index (χ3v) is 5.76. The van der Waals surface area contributed by atoms with E-state index in [1.54, 1.807) is 6.07 Å². The minimum absolute atomic E-state index is 0.470. The molecule has 0 spiro atoms. The Kier molecular flexibility index (Phi) is 6.18. The largest absolute Gasteiger partial charge is 0.488 e. The number of ether oxygens (including phenoxy) is 1. The molecule has 4 heteroatoms. The van der Waals surface area contributed by atoms with Crippen LogP contribution in [0.3, 0.4) is 0 Å². The maximum Gasteiger partial charge on any atom is 0.134 e. The molecule has 4 aromatic carbocycles. The van der Waals surface area contributed by atoms with Crippen molar-refractivity contribution in [3.63, 3.8) is 0 Å². The van der Waals surface area contributed by atoms with Gasteiger partial charge in [-0.25, -0.2) is 0 Å². The summed E-state index contributed by atoms with van der Waals surface area (Å²) >= 11 is 9.83. The molecule has 0 unspecified atom stereocenters. The van der Waals surface area contributed by atoms with E-state index in [1.807, 2.05) is 60.7 Å². The fourth-order valence-corrected chi connectivity index (χ4v) is 4.06. The predicted molar refractivity (Wildman–Crippen MR) is 127 cm³/mol. The van der Waals surface area contributed by atoms with Gasteiger partial charge < -0.3 is 4.74 Å². The van der Waals surface area contributed by atoms with E-state index in [0.29, 0.717) is 22.8 Å². The Bertz CT molecular complexity index is 1280. The van der Waals surface area contributed by atoms with Crippen LogP contribution in [0.15, 0.2) is 89.4 Å². The van der Waals surface area contributed by atoms with E-state index in [-0.39, 0.29) is 0 Å². The van der Waals surface area contributed by atoms with Crippen LogP contribution < -0.4 is 4.74 Å². The maximum absolute atomic E-state index is 9.57. The first-order valence-electron chi connectivity index (χ1n) is 9.41. The van der Waals surface area contributed by atoms with E-state index < -0.39 is 0 Å². The predicted octanol–water partition coefficient (Wildman–Crippen LogP) is 7.90.